The summed E-state index contributed by atoms with van der Waals surface area (Å²) in [5.74, 6) is 0.423. The number of tetrazole rings is 1. The van der Waals surface area contributed by atoms with Gasteiger partial charge in [0.05, 0.1) is 12.1 Å². The van der Waals surface area contributed by atoms with Crippen molar-refractivity contribution in [3.8, 4) is 0 Å². The zero-order valence-electron chi connectivity index (χ0n) is 12.7. The Morgan fingerprint density at radius 3 is 2.61 bits per heavy atom. The number of halogens is 4. The molecule has 1 aromatic heterocycles. The van der Waals surface area contributed by atoms with Gasteiger partial charge < -0.3 is 10.2 Å². The third-order valence-electron chi connectivity index (χ3n) is 3.19. The van der Waals surface area contributed by atoms with Crippen molar-refractivity contribution in [3.63, 3.8) is 0 Å². The molecule has 1 N–H and O–H groups in total. The summed E-state index contributed by atoms with van der Waals surface area (Å²) >= 11 is 0. The largest absolute Gasteiger partial charge is 0.416 e. The van der Waals surface area contributed by atoms with Gasteiger partial charge in [-0.15, -0.1) is 12.4 Å². The first-order valence-corrected chi connectivity index (χ1v) is 6.70. The lowest BCUT2D eigenvalue weighted by atomic mass is 10.1. The molecule has 0 radical (unpaired) electrons. The Morgan fingerprint density at radius 1 is 1.26 bits per heavy atom. The predicted octanol–water partition coefficient (Wildman–Crippen LogP) is 1.82. The zero-order valence-corrected chi connectivity index (χ0v) is 13.5. The number of nitrogens with one attached hydrogen (secondary N) is 1. The summed E-state index contributed by atoms with van der Waals surface area (Å²) in [4.78, 5) is 1.78. The van der Waals surface area contributed by atoms with Crippen LogP contribution in [0.15, 0.2) is 24.3 Å². The van der Waals surface area contributed by atoms with Crippen LogP contribution >= 0.6 is 12.4 Å². The Morgan fingerprint density at radius 2 is 1.96 bits per heavy atom. The minimum atomic E-state index is -4.40. The van der Waals surface area contributed by atoms with E-state index in [1.54, 1.807) is 18.0 Å². The second-order valence-electron chi connectivity index (χ2n) is 4.82. The molecule has 0 atom stereocenters. The van der Waals surface area contributed by atoms with E-state index in [0.717, 1.165) is 6.07 Å². The van der Waals surface area contributed by atoms with Gasteiger partial charge in [-0.05, 0) is 29.1 Å². The van der Waals surface area contributed by atoms with Crippen LogP contribution in [0.5, 0.6) is 0 Å². The van der Waals surface area contributed by atoms with E-state index in [0.29, 0.717) is 19.0 Å². The molecule has 0 spiro atoms. The van der Waals surface area contributed by atoms with Crippen molar-refractivity contribution in [2.75, 3.05) is 32.1 Å². The third-order valence-corrected chi connectivity index (χ3v) is 3.19. The lowest BCUT2D eigenvalue weighted by Gasteiger charge is -2.18. The van der Waals surface area contributed by atoms with Gasteiger partial charge in [0.15, 0.2) is 0 Å². The van der Waals surface area contributed by atoms with Crippen LogP contribution in [0.4, 0.5) is 19.1 Å². The molecule has 2 rings (SSSR count). The number of nitrogens with zero attached hydrogens (tertiary/aromatic N) is 5. The number of anilines is 1. The average Bonchev–Trinajstić information content (AvgIpc) is 2.92. The van der Waals surface area contributed by atoms with Gasteiger partial charge in [0.1, 0.15) is 0 Å². The summed E-state index contributed by atoms with van der Waals surface area (Å²) in [7, 11) is 3.60. The van der Waals surface area contributed by atoms with Crippen molar-refractivity contribution in [3.05, 3.63) is 35.4 Å². The Kier molecular flexibility index (Phi) is 6.77. The molecule has 0 amide bonds. The van der Waals surface area contributed by atoms with Crippen molar-refractivity contribution in [2.24, 2.45) is 0 Å². The third kappa shape index (κ3) is 4.80. The molecule has 0 aliphatic rings. The van der Waals surface area contributed by atoms with Crippen LogP contribution < -0.4 is 10.2 Å². The normalized spacial score (nSPS) is 11.2. The molecule has 128 valence electrons. The van der Waals surface area contributed by atoms with Crippen molar-refractivity contribution < 1.29 is 13.2 Å². The standard InChI is InChI=1S/C13H17F3N6.ClH/c1-17-7-8-21(2)12-18-19-20-22(12)9-10-5-3-4-6-11(10)13(14,15)16;/h3-6,17H,7-9H2,1-2H3;1H. The quantitative estimate of drug-likeness (QED) is 0.861. The van der Waals surface area contributed by atoms with Gasteiger partial charge in [-0.3, -0.25) is 0 Å². The van der Waals surface area contributed by atoms with E-state index in [9.17, 15) is 13.2 Å². The molecule has 23 heavy (non-hydrogen) atoms. The molecule has 0 saturated carbocycles. The fraction of sp³-hybridized carbons (Fsp3) is 0.462. The van der Waals surface area contributed by atoms with E-state index in [1.165, 1.54) is 16.8 Å². The van der Waals surface area contributed by atoms with Gasteiger partial charge in [0.2, 0.25) is 5.95 Å². The van der Waals surface area contributed by atoms with Crippen LogP contribution in [0.1, 0.15) is 11.1 Å². The molecule has 0 saturated heterocycles. The van der Waals surface area contributed by atoms with Crippen LogP contribution in [0.3, 0.4) is 0 Å². The van der Waals surface area contributed by atoms with E-state index in [2.05, 4.69) is 20.8 Å². The van der Waals surface area contributed by atoms with Crippen LogP contribution in [0.25, 0.3) is 0 Å². The Balaban J connectivity index is 0.00000264. The van der Waals surface area contributed by atoms with E-state index >= 15 is 0 Å². The molecule has 0 unspecified atom stereocenters. The molecular weight excluding hydrogens is 333 g/mol. The molecule has 0 fully saturated rings. The van der Waals surface area contributed by atoms with Gasteiger partial charge in [-0.2, -0.15) is 13.2 Å². The van der Waals surface area contributed by atoms with Crippen LogP contribution in [-0.2, 0) is 12.7 Å². The summed E-state index contributed by atoms with van der Waals surface area (Å²) in [5, 5.41) is 14.2. The van der Waals surface area contributed by atoms with Crippen molar-refractivity contribution in [1.29, 1.82) is 0 Å². The van der Waals surface area contributed by atoms with Crippen molar-refractivity contribution >= 4 is 18.4 Å². The Bertz CT molecular complexity index is 616. The van der Waals surface area contributed by atoms with E-state index < -0.39 is 11.7 Å². The van der Waals surface area contributed by atoms with E-state index in [1.807, 2.05) is 7.05 Å². The molecule has 6 nitrogen and oxygen atoms in total. The number of alkyl halides is 3. The fourth-order valence-corrected chi connectivity index (χ4v) is 2.05. The summed E-state index contributed by atoms with van der Waals surface area (Å²) in [5.41, 5.74) is -0.542. The first-order valence-electron chi connectivity index (χ1n) is 6.70. The molecule has 1 heterocycles. The first-order chi connectivity index (χ1) is 10.4. The highest BCUT2D eigenvalue weighted by Gasteiger charge is 2.33. The minimum Gasteiger partial charge on any atom is -0.341 e. The average molecular weight is 351 g/mol. The molecule has 0 bridgehead atoms. The van der Waals surface area contributed by atoms with E-state index in [-0.39, 0.29) is 24.5 Å². The molecule has 0 aliphatic carbocycles. The smallest absolute Gasteiger partial charge is 0.341 e. The maximum atomic E-state index is 13.0. The molecule has 0 aliphatic heterocycles. The summed E-state index contributed by atoms with van der Waals surface area (Å²) < 4.78 is 40.4. The van der Waals surface area contributed by atoms with Crippen molar-refractivity contribution in [2.45, 2.75) is 12.7 Å². The maximum Gasteiger partial charge on any atom is 0.416 e. The van der Waals surface area contributed by atoms with Crippen molar-refractivity contribution in [1.82, 2.24) is 25.5 Å². The topological polar surface area (TPSA) is 58.9 Å². The molecule has 10 heteroatoms. The zero-order chi connectivity index (χ0) is 16.2. The second kappa shape index (κ2) is 8.11. The van der Waals surface area contributed by atoms with Gasteiger partial charge in [-0.25, -0.2) is 4.68 Å². The number of hydrogen-bond donors (Lipinski definition) is 1. The highest BCUT2D eigenvalue weighted by Crippen LogP contribution is 2.32. The molecule has 2 aromatic rings. The Hall–Kier alpha value is -1.87. The number of hydrogen-bond acceptors (Lipinski definition) is 5. The maximum absolute atomic E-state index is 13.0. The van der Waals surface area contributed by atoms with Gasteiger partial charge in [0.25, 0.3) is 0 Å². The highest BCUT2D eigenvalue weighted by molar-refractivity contribution is 5.85. The van der Waals surface area contributed by atoms with Crippen LogP contribution in [-0.4, -0.2) is 47.4 Å². The Labute approximate surface area is 138 Å². The fourth-order valence-electron chi connectivity index (χ4n) is 2.05. The van der Waals surface area contributed by atoms with Gasteiger partial charge in [-0.1, -0.05) is 23.3 Å². The minimum absolute atomic E-state index is 0. The SMILES string of the molecule is CNCCN(C)c1nnnn1Cc1ccccc1C(F)(F)F.Cl. The number of aromatic nitrogens is 4. The lowest BCUT2D eigenvalue weighted by Crippen LogP contribution is -2.29. The van der Waals surface area contributed by atoms with Gasteiger partial charge in [0, 0.05) is 20.1 Å². The summed E-state index contributed by atoms with van der Waals surface area (Å²) in [6.07, 6.45) is -4.40. The van der Waals surface area contributed by atoms with Gasteiger partial charge >= 0.3 is 6.18 Å². The molecular formula is C13H18ClF3N6. The summed E-state index contributed by atoms with van der Waals surface area (Å²) in [6.45, 7) is 1.31. The number of rotatable bonds is 6. The highest BCUT2D eigenvalue weighted by atomic mass is 35.5. The lowest BCUT2D eigenvalue weighted by molar-refractivity contribution is -0.138. The first kappa shape index (κ1) is 19.2. The molecule has 1 aromatic carbocycles. The van der Waals surface area contributed by atoms with Crippen LogP contribution in [0.2, 0.25) is 0 Å². The monoisotopic (exact) mass is 350 g/mol. The van der Waals surface area contributed by atoms with Crippen LogP contribution in [0, 0.1) is 0 Å². The summed E-state index contributed by atoms with van der Waals surface area (Å²) in [6, 6.07) is 5.43. The number of likely N-dealkylation sites (N-methyl/N-ethyl adjacent to an activating group) is 2. The predicted molar refractivity (Wildman–Crippen MR) is 82.8 cm³/mol. The second-order valence-corrected chi connectivity index (χ2v) is 4.82. The van der Waals surface area contributed by atoms with E-state index in [4.69, 9.17) is 0 Å². The number of benzene rings is 1.